The Balaban J connectivity index is 2.40. The molecule has 1 rings (SSSR count). The van der Waals surface area contributed by atoms with E-state index in [0.29, 0.717) is 18.2 Å². The standard InChI is InChI=1S/C14H20F3NO2/c1-11(2)9-18-10-12-5-3-4-6-13(12)19-7-8-20-14(15,16)17/h3-6,11,18H,7-10H2,1-2H3. The molecule has 0 heterocycles. The molecule has 0 unspecified atom stereocenters. The highest BCUT2D eigenvalue weighted by Crippen LogP contribution is 2.19. The number of hydrogen-bond donors (Lipinski definition) is 1. The third-order valence-corrected chi connectivity index (χ3v) is 2.45. The Morgan fingerprint density at radius 1 is 1.15 bits per heavy atom. The number of para-hydroxylation sites is 1. The molecule has 20 heavy (non-hydrogen) atoms. The fraction of sp³-hybridized carbons (Fsp3) is 0.571. The second-order valence-electron chi connectivity index (χ2n) is 4.78. The van der Waals surface area contributed by atoms with Gasteiger partial charge in [-0.3, -0.25) is 4.74 Å². The summed E-state index contributed by atoms with van der Waals surface area (Å²) in [6.45, 7) is 5.03. The number of rotatable bonds is 8. The van der Waals surface area contributed by atoms with Crippen molar-refractivity contribution in [3.05, 3.63) is 29.8 Å². The molecule has 0 fully saturated rings. The summed E-state index contributed by atoms with van der Waals surface area (Å²) in [5.41, 5.74) is 0.917. The molecule has 0 aromatic heterocycles. The van der Waals surface area contributed by atoms with Crippen LogP contribution in [-0.4, -0.2) is 26.1 Å². The number of benzene rings is 1. The molecule has 0 aliphatic heterocycles. The summed E-state index contributed by atoms with van der Waals surface area (Å²) in [6, 6.07) is 7.27. The Hall–Kier alpha value is -1.27. The zero-order valence-corrected chi connectivity index (χ0v) is 11.7. The maximum Gasteiger partial charge on any atom is 0.522 e. The fourth-order valence-corrected chi connectivity index (χ4v) is 1.60. The number of hydrogen-bond acceptors (Lipinski definition) is 3. The summed E-state index contributed by atoms with van der Waals surface area (Å²) in [5.74, 6) is 1.11. The predicted octanol–water partition coefficient (Wildman–Crippen LogP) is 3.35. The van der Waals surface area contributed by atoms with E-state index >= 15 is 0 Å². The van der Waals surface area contributed by atoms with Gasteiger partial charge in [0.1, 0.15) is 12.4 Å². The lowest BCUT2D eigenvalue weighted by Gasteiger charge is -2.13. The highest BCUT2D eigenvalue weighted by molar-refractivity contribution is 5.33. The highest BCUT2D eigenvalue weighted by atomic mass is 19.4. The first-order valence-electron chi connectivity index (χ1n) is 6.50. The Labute approximate surface area is 117 Å². The van der Waals surface area contributed by atoms with Gasteiger partial charge in [0.2, 0.25) is 0 Å². The van der Waals surface area contributed by atoms with E-state index in [-0.39, 0.29) is 6.61 Å². The molecule has 0 atom stereocenters. The van der Waals surface area contributed by atoms with Crippen molar-refractivity contribution < 1.29 is 22.6 Å². The minimum atomic E-state index is -4.61. The summed E-state index contributed by atoms with van der Waals surface area (Å²) in [6.07, 6.45) is -4.61. The average Bonchev–Trinajstić information content (AvgIpc) is 2.34. The number of halogens is 3. The quantitative estimate of drug-likeness (QED) is 0.745. The van der Waals surface area contributed by atoms with Crippen LogP contribution in [0.3, 0.4) is 0 Å². The van der Waals surface area contributed by atoms with Crippen molar-refractivity contribution in [2.75, 3.05) is 19.8 Å². The topological polar surface area (TPSA) is 30.5 Å². The van der Waals surface area contributed by atoms with Gasteiger partial charge in [-0.2, -0.15) is 0 Å². The smallest absolute Gasteiger partial charge is 0.491 e. The molecule has 1 aromatic rings. The number of alkyl halides is 3. The second-order valence-corrected chi connectivity index (χ2v) is 4.78. The molecular formula is C14H20F3NO2. The first kappa shape index (κ1) is 16.8. The zero-order chi connectivity index (χ0) is 15.0. The summed E-state index contributed by atoms with van der Waals surface area (Å²) >= 11 is 0. The van der Waals surface area contributed by atoms with Crippen molar-refractivity contribution in [1.82, 2.24) is 5.32 Å². The third-order valence-electron chi connectivity index (χ3n) is 2.45. The Morgan fingerprint density at radius 2 is 1.85 bits per heavy atom. The molecule has 1 aromatic carbocycles. The summed E-state index contributed by atoms with van der Waals surface area (Å²) < 4.78 is 44.4. The minimum Gasteiger partial charge on any atom is -0.491 e. The normalized spacial score (nSPS) is 11.9. The molecule has 1 N–H and O–H groups in total. The fourth-order valence-electron chi connectivity index (χ4n) is 1.60. The maximum absolute atomic E-state index is 11.8. The van der Waals surface area contributed by atoms with E-state index in [4.69, 9.17) is 4.74 Å². The van der Waals surface area contributed by atoms with Crippen LogP contribution in [0.15, 0.2) is 24.3 Å². The third kappa shape index (κ3) is 7.35. The van der Waals surface area contributed by atoms with Crippen LogP contribution in [0.2, 0.25) is 0 Å². The predicted molar refractivity (Wildman–Crippen MR) is 70.5 cm³/mol. The summed E-state index contributed by atoms with van der Waals surface area (Å²) in [5, 5.41) is 3.26. The molecule has 0 saturated heterocycles. The summed E-state index contributed by atoms with van der Waals surface area (Å²) in [4.78, 5) is 0. The van der Waals surface area contributed by atoms with Gasteiger partial charge in [-0.25, -0.2) is 0 Å². The van der Waals surface area contributed by atoms with Crippen LogP contribution >= 0.6 is 0 Å². The number of nitrogens with one attached hydrogen (secondary N) is 1. The van der Waals surface area contributed by atoms with Gasteiger partial charge < -0.3 is 10.1 Å². The van der Waals surface area contributed by atoms with Crippen LogP contribution in [0.25, 0.3) is 0 Å². The van der Waals surface area contributed by atoms with Crippen LogP contribution in [-0.2, 0) is 11.3 Å². The van der Waals surface area contributed by atoms with Gasteiger partial charge in [-0.1, -0.05) is 32.0 Å². The van der Waals surface area contributed by atoms with Crippen LogP contribution < -0.4 is 10.1 Å². The Kier molecular flexibility index (Phi) is 6.81. The SMILES string of the molecule is CC(C)CNCc1ccccc1OCCOC(F)(F)F. The molecule has 6 heteroatoms. The molecule has 0 spiro atoms. The second kappa shape index (κ2) is 8.11. The van der Waals surface area contributed by atoms with Crippen LogP contribution in [0.4, 0.5) is 13.2 Å². The van der Waals surface area contributed by atoms with Gasteiger partial charge in [-0.05, 0) is 18.5 Å². The largest absolute Gasteiger partial charge is 0.522 e. The van der Waals surface area contributed by atoms with E-state index in [1.165, 1.54) is 0 Å². The van der Waals surface area contributed by atoms with E-state index in [1.807, 2.05) is 12.1 Å². The Morgan fingerprint density at radius 3 is 2.50 bits per heavy atom. The molecule has 0 bridgehead atoms. The van der Waals surface area contributed by atoms with Crippen molar-refractivity contribution >= 4 is 0 Å². The molecular weight excluding hydrogens is 271 g/mol. The highest BCUT2D eigenvalue weighted by Gasteiger charge is 2.28. The van der Waals surface area contributed by atoms with Crippen molar-refractivity contribution in [3.8, 4) is 5.75 Å². The Bertz CT molecular complexity index is 394. The van der Waals surface area contributed by atoms with Gasteiger partial charge in [0.25, 0.3) is 0 Å². The summed E-state index contributed by atoms with van der Waals surface area (Å²) in [7, 11) is 0. The lowest BCUT2D eigenvalue weighted by Crippen LogP contribution is -2.20. The minimum absolute atomic E-state index is 0.138. The van der Waals surface area contributed by atoms with E-state index in [1.54, 1.807) is 12.1 Å². The van der Waals surface area contributed by atoms with E-state index < -0.39 is 13.0 Å². The monoisotopic (exact) mass is 291 g/mol. The van der Waals surface area contributed by atoms with E-state index in [9.17, 15) is 13.2 Å². The maximum atomic E-state index is 11.8. The van der Waals surface area contributed by atoms with Gasteiger partial charge in [0, 0.05) is 12.1 Å². The lowest BCUT2D eigenvalue weighted by molar-refractivity contribution is -0.325. The molecule has 3 nitrogen and oxygen atoms in total. The molecule has 0 amide bonds. The average molecular weight is 291 g/mol. The van der Waals surface area contributed by atoms with Crippen LogP contribution in [0.1, 0.15) is 19.4 Å². The van der Waals surface area contributed by atoms with Crippen molar-refractivity contribution in [1.29, 1.82) is 0 Å². The first-order valence-corrected chi connectivity index (χ1v) is 6.50. The lowest BCUT2D eigenvalue weighted by atomic mass is 10.2. The van der Waals surface area contributed by atoms with Crippen molar-refractivity contribution in [2.24, 2.45) is 5.92 Å². The molecule has 0 saturated carbocycles. The number of ether oxygens (including phenoxy) is 2. The van der Waals surface area contributed by atoms with Gasteiger partial charge in [0.05, 0.1) is 6.61 Å². The van der Waals surface area contributed by atoms with Gasteiger partial charge in [-0.15, -0.1) is 13.2 Å². The van der Waals surface area contributed by atoms with Gasteiger partial charge >= 0.3 is 6.36 Å². The van der Waals surface area contributed by atoms with Crippen molar-refractivity contribution in [3.63, 3.8) is 0 Å². The molecule has 114 valence electrons. The molecule has 0 aliphatic rings. The van der Waals surface area contributed by atoms with Gasteiger partial charge in [0.15, 0.2) is 0 Å². The van der Waals surface area contributed by atoms with E-state index in [0.717, 1.165) is 12.1 Å². The van der Waals surface area contributed by atoms with Crippen molar-refractivity contribution in [2.45, 2.75) is 26.8 Å². The first-order chi connectivity index (χ1) is 9.38. The van der Waals surface area contributed by atoms with Crippen LogP contribution in [0.5, 0.6) is 5.75 Å². The van der Waals surface area contributed by atoms with E-state index in [2.05, 4.69) is 23.9 Å². The molecule has 0 radical (unpaired) electrons. The zero-order valence-electron chi connectivity index (χ0n) is 11.7. The van der Waals surface area contributed by atoms with Crippen LogP contribution in [0, 0.1) is 5.92 Å². The molecule has 0 aliphatic carbocycles.